The third-order valence-corrected chi connectivity index (χ3v) is 4.74. The number of amides is 1. The molecule has 2 unspecified atom stereocenters. The van der Waals surface area contributed by atoms with Gasteiger partial charge in [0.1, 0.15) is 0 Å². The van der Waals surface area contributed by atoms with Gasteiger partial charge in [-0.2, -0.15) is 0 Å². The van der Waals surface area contributed by atoms with Gasteiger partial charge in [0, 0.05) is 18.6 Å². The predicted molar refractivity (Wildman–Crippen MR) is 84.5 cm³/mol. The lowest BCUT2D eigenvalue weighted by Gasteiger charge is -2.39. The number of nitrogens with two attached hydrogens (primary N) is 1. The highest BCUT2D eigenvalue weighted by Gasteiger charge is 2.35. The number of hydrogen-bond donors (Lipinski definition) is 2. The summed E-state index contributed by atoms with van der Waals surface area (Å²) in [6, 6.07) is 1.05. The largest absolute Gasteiger partial charge is 0.368 e. The maximum absolute atomic E-state index is 11.7. The standard InChI is InChI=1S/C16H33N3O/c1-12(2)11-19(14-8-6-7-9-14)13(3)10-16(4,18-5)15(17)20/h12-14,18H,6-11H2,1-5H3,(H2,17,20). The Hall–Kier alpha value is -0.610. The molecule has 1 fully saturated rings. The molecule has 2 atom stereocenters. The molecule has 4 heteroatoms. The average molecular weight is 283 g/mol. The van der Waals surface area contributed by atoms with E-state index in [0.29, 0.717) is 18.0 Å². The Kier molecular flexibility index (Phi) is 6.46. The van der Waals surface area contributed by atoms with Crippen LogP contribution in [-0.4, -0.2) is 42.0 Å². The van der Waals surface area contributed by atoms with Crippen LogP contribution in [-0.2, 0) is 4.79 Å². The highest BCUT2D eigenvalue weighted by molar-refractivity contribution is 5.84. The van der Waals surface area contributed by atoms with Crippen molar-refractivity contribution in [3.63, 3.8) is 0 Å². The van der Waals surface area contributed by atoms with E-state index in [9.17, 15) is 4.79 Å². The van der Waals surface area contributed by atoms with E-state index in [1.54, 1.807) is 0 Å². The highest BCUT2D eigenvalue weighted by Crippen LogP contribution is 2.28. The number of primary amides is 1. The fourth-order valence-electron chi connectivity index (χ4n) is 3.38. The van der Waals surface area contributed by atoms with Crippen molar-refractivity contribution < 1.29 is 4.79 Å². The molecule has 0 aromatic rings. The molecule has 0 radical (unpaired) electrons. The fourth-order valence-corrected chi connectivity index (χ4v) is 3.38. The third kappa shape index (κ3) is 4.45. The Balaban J connectivity index is 2.76. The number of carbonyl (C=O) groups excluding carboxylic acids is 1. The van der Waals surface area contributed by atoms with E-state index in [-0.39, 0.29) is 5.91 Å². The first-order chi connectivity index (χ1) is 9.30. The first kappa shape index (κ1) is 17.4. The van der Waals surface area contributed by atoms with Gasteiger partial charge in [-0.05, 0) is 46.1 Å². The number of nitrogens with one attached hydrogen (secondary N) is 1. The Morgan fingerprint density at radius 1 is 1.35 bits per heavy atom. The van der Waals surface area contributed by atoms with Crippen LogP contribution in [0.4, 0.5) is 0 Å². The molecule has 1 aliphatic rings. The molecule has 0 aromatic carbocycles. The summed E-state index contributed by atoms with van der Waals surface area (Å²) in [7, 11) is 1.82. The number of rotatable bonds is 8. The van der Waals surface area contributed by atoms with Gasteiger partial charge in [0.15, 0.2) is 0 Å². The number of hydrogen-bond acceptors (Lipinski definition) is 3. The molecule has 20 heavy (non-hydrogen) atoms. The summed E-state index contributed by atoms with van der Waals surface area (Å²) in [6.45, 7) is 9.78. The van der Waals surface area contributed by atoms with Crippen LogP contribution >= 0.6 is 0 Å². The summed E-state index contributed by atoms with van der Waals surface area (Å²) >= 11 is 0. The van der Waals surface area contributed by atoms with E-state index in [1.807, 2.05) is 14.0 Å². The van der Waals surface area contributed by atoms with E-state index in [2.05, 4.69) is 31.0 Å². The van der Waals surface area contributed by atoms with Crippen LogP contribution in [0.5, 0.6) is 0 Å². The summed E-state index contributed by atoms with van der Waals surface area (Å²) in [6.07, 6.45) is 6.03. The van der Waals surface area contributed by atoms with Crippen molar-refractivity contribution in [1.82, 2.24) is 10.2 Å². The second-order valence-corrected chi connectivity index (χ2v) is 7.03. The second-order valence-electron chi connectivity index (χ2n) is 7.03. The predicted octanol–water partition coefficient (Wildman–Crippen LogP) is 2.13. The molecule has 3 N–H and O–H groups in total. The molecule has 0 saturated heterocycles. The van der Waals surface area contributed by atoms with Gasteiger partial charge in [-0.25, -0.2) is 0 Å². The van der Waals surface area contributed by atoms with Crippen molar-refractivity contribution >= 4 is 5.91 Å². The van der Waals surface area contributed by atoms with E-state index >= 15 is 0 Å². The SMILES string of the molecule is CNC(C)(CC(C)N(CC(C)C)C1CCCC1)C(N)=O. The fraction of sp³-hybridized carbons (Fsp3) is 0.938. The smallest absolute Gasteiger partial charge is 0.237 e. The summed E-state index contributed by atoms with van der Waals surface area (Å²) in [5.41, 5.74) is 4.95. The Morgan fingerprint density at radius 3 is 2.30 bits per heavy atom. The van der Waals surface area contributed by atoms with Crippen LogP contribution < -0.4 is 11.1 Å². The van der Waals surface area contributed by atoms with Crippen LogP contribution in [0.25, 0.3) is 0 Å². The molecule has 0 aliphatic heterocycles. The molecular formula is C16H33N3O. The van der Waals surface area contributed by atoms with Crippen molar-refractivity contribution in [2.45, 2.75) is 77.4 Å². The lowest BCUT2D eigenvalue weighted by atomic mass is 9.91. The first-order valence-corrected chi connectivity index (χ1v) is 8.04. The number of carbonyl (C=O) groups is 1. The lowest BCUT2D eigenvalue weighted by Crippen LogP contribution is -2.56. The maximum atomic E-state index is 11.7. The molecule has 1 amide bonds. The van der Waals surface area contributed by atoms with Crippen molar-refractivity contribution in [3.8, 4) is 0 Å². The Labute approximate surface area is 124 Å². The quantitative estimate of drug-likeness (QED) is 0.717. The van der Waals surface area contributed by atoms with Crippen LogP contribution in [0.2, 0.25) is 0 Å². The van der Waals surface area contributed by atoms with Gasteiger partial charge >= 0.3 is 0 Å². The molecule has 4 nitrogen and oxygen atoms in total. The third-order valence-electron chi connectivity index (χ3n) is 4.74. The highest BCUT2D eigenvalue weighted by atomic mass is 16.1. The molecular weight excluding hydrogens is 250 g/mol. The van der Waals surface area contributed by atoms with Gasteiger partial charge in [0.25, 0.3) is 0 Å². The van der Waals surface area contributed by atoms with Gasteiger partial charge in [0.05, 0.1) is 5.54 Å². The Bertz CT molecular complexity index is 313. The molecule has 1 aliphatic carbocycles. The van der Waals surface area contributed by atoms with E-state index in [1.165, 1.54) is 25.7 Å². The summed E-state index contributed by atoms with van der Waals surface area (Å²) in [5.74, 6) is 0.384. The van der Waals surface area contributed by atoms with Crippen molar-refractivity contribution in [2.24, 2.45) is 11.7 Å². The van der Waals surface area contributed by atoms with Crippen LogP contribution in [0, 0.1) is 5.92 Å². The van der Waals surface area contributed by atoms with E-state index < -0.39 is 5.54 Å². The summed E-state index contributed by atoms with van der Waals surface area (Å²) < 4.78 is 0. The zero-order valence-electron chi connectivity index (χ0n) is 13.9. The van der Waals surface area contributed by atoms with Gasteiger partial charge < -0.3 is 11.1 Å². The zero-order valence-corrected chi connectivity index (χ0v) is 13.9. The zero-order chi connectivity index (χ0) is 15.3. The second kappa shape index (κ2) is 7.41. The molecule has 1 rings (SSSR count). The molecule has 1 saturated carbocycles. The molecule has 118 valence electrons. The van der Waals surface area contributed by atoms with Gasteiger partial charge in [-0.15, -0.1) is 0 Å². The monoisotopic (exact) mass is 283 g/mol. The maximum Gasteiger partial charge on any atom is 0.237 e. The van der Waals surface area contributed by atoms with E-state index in [4.69, 9.17) is 5.73 Å². The normalized spacial score (nSPS) is 21.4. The summed E-state index contributed by atoms with van der Waals surface area (Å²) in [5, 5.41) is 3.11. The molecule has 0 heterocycles. The van der Waals surface area contributed by atoms with Crippen molar-refractivity contribution in [1.29, 1.82) is 0 Å². The minimum Gasteiger partial charge on any atom is -0.368 e. The first-order valence-electron chi connectivity index (χ1n) is 8.04. The number of likely N-dealkylation sites (N-methyl/N-ethyl adjacent to an activating group) is 1. The Morgan fingerprint density at radius 2 is 1.90 bits per heavy atom. The molecule has 0 spiro atoms. The number of nitrogens with zero attached hydrogens (tertiary/aromatic N) is 1. The van der Waals surface area contributed by atoms with Gasteiger partial charge in [0.2, 0.25) is 5.91 Å². The average Bonchev–Trinajstić information content (AvgIpc) is 2.88. The summed E-state index contributed by atoms with van der Waals surface area (Å²) in [4.78, 5) is 14.3. The van der Waals surface area contributed by atoms with Crippen molar-refractivity contribution in [3.05, 3.63) is 0 Å². The molecule has 0 bridgehead atoms. The lowest BCUT2D eigenvalue weighted by molar-refractivity contribution is -0.124. The van der Waals surface area contributed by atoms with E-state index in [0.717, 1.165) is 13.0 Å². The van der Waals surface area contributed by atoms with Gasteiger partial charge in [-0.3, -0.25) is 9.69 Å². The minimum atomic E-state index is -0.618. The van der Waals surface area contributed by atoms with Crippen LogP contribution in [0.15, 0.2) is 0 Å². The van der Waals surface area contributed by atoms with Gasteiger partial charge in [-0.1, -0.05) is 26.7 Å². The van der Waals surface area contributed by atoms with Crippen molar-refractivity contribution in [2.75, 3.05) is 13.6 Å². The minimum absolute atomic E-state index is 0.261. The van der Waals surface area contributed by atoms with Crippen LogP contribution in [0.1, 0.15) is 59.8 Å². The molecule has 0 aromatic heterocycles. The van der Waals surface area contributed by atoms with Crippen LogP contribution in [0.3, 0.4) is 0 Å². The topological polar surface area (TPSA) is 58.4 Å².